The number of anilines is 1. The Morgan fingerprint density at radius 3 is 2.58 bits per heavy atom. The first kappa shape index (κ1) is 18.9. The molecule has 3 aromatic rings. The molecule has 0 spiro atoms. The van der Waals surface area contributed by atoms with Gasteiger partial charge in [-0.2, -0.15) is 0 Å². The minimum atomic E-state index is -3.76. The van der Waals surface area contributed by atoms with Crippen LogP contribution in [0.25, 0.3) is 10.9 Å². The Bertz CT molecular complexity index is 1050. The molecule has 2 aromatic carbocycles. The first-order chi connectivity index (χ1) is 12.4. The summed E-state index contributed by atoms with van der Waals surface area (Å²) in [7, 11) is -3.76. The van der Waals surface area contributed by atoms with Crippen LogP contribution in [0.5, 0.6) is 0 Å². The van der Waals surface area contributed by atoms with Gasteiger partial charge in [0.15, 0.2) is 0 Å². The highest BCUT2D eigenvalue weighted by Crippen LogP contribution is 2.29. The topological polar surface area (TPSA) is 111 Å². The van der Waals surface area contributed by atoms with Crippen molar-refractivity contribution in [1.82, 2.24) is 9.71 Å². The van der Waals surface area contributed by atoms with Crippen molar-refractivity contribution in [2.75, 3.05) is 11.3 Å². The smallest absolute Gasteiger partial charge is 0.261 e. The van der Waals surface area contributed by atoms with Crippen LogP contribution >= 0.6 is 11.6 Å². The predicted octanol–water partition coefficient (Wildman–Crippen LogP) is 2.89. The van der Waals surface area contributed by atoms with Crippen molar-refractivity contribution in [3.05, 3.63) is 59.2 Å². The normalized spacial score (nSPS) is 13.0. The molecule has 26 heavy (non-hydrogen) atoms. The SMILES string of the molecule is O=S(O)NCCc1ccc(S(=O)(=O)Nc2cccc3c(Cl)c[nH]c23)cc1. The highest BCUT2D eigenvalue weighted by molar-refractivity contribution is 7.92. The molecule has 0 saturated heterocycles. The van der Waals surface area contributed by atoms with Gasteiger partial charge in [-0.15, -0.1) is 0 Å². The maximum Gasteiger partial charge on any atom is 0.261 e. The lowest BCUT2D eigenvalue weighted by Gasteiger charge is -2.10. The van der Waals surface area contributed by atoms with Gasteiger partial charge in [-0.3, -0.25) is 9.27 Å². The Labute approximate surface area is 158 Å². The number of benzene rings is 2. The molecule has 3 rings (SSSR count). The van der Waals surface area contributed by atoms with Crippen LogP contribution in [0.15, 0.2) is 53.6 Å². The van der Waals surface area contributed by atoms with Gasteiger partial charge in [-0.1, -0.05) is 35.9 Å². The number of fused-ring (bicyclic) bond motifs is 1. The molecular formula is C16H16ClN3O4S2. The van der Waals surface area contributed by atoms with Gasteiger partial charge in [-0.25, -0.2) is 17.3 Å². The molecule has 1 unspecified atom stereocenters. The third-order valence-electron chi connectivity index (χ3n) is 3.78. The quantitative estimate of drug-likeness (QED) is 0.446. The van der Waals surface area contributed by atoms with E-state index < -0.39 is 21.3 Å². The van der Waals surface area contributed by atoms with Crippen LogP contribution in [-0.4, -0.2) is 28.7 Å². The van der Waals surface area contributed by atoms with Crippen molar-refractivity contribution in [3.8, 4) is 0 Å². The zero-order chi connectivity index (χ0) is 18.7. The van der Waals surface area contributed by atoms with Gasteiger partial charge in [0.2, 0.25) is 11.3 Å². The van der Waals surface area contributed by atoms with Crippen molar-refractivity contribution in [3.63, 3.8) is 0 Å². The van der Waals surface area contributed by atoms with E-state index in [1.165, 1.54) is 12.1 Å². The largest absolute Gasteiger partial charge is 0.358 e. The molecule has 0 radical (unpaired) electrons. The molecule has 138 valence electrons. The van der Waals surface area contributed by atoms with Crippen LogP contribution in [-0.2, 0) is 27.7 Å². The average Bonchev–Trinajstić information content (AvgIpc) is 2.97. The summed E-state index contributed by atoms with van der Waals surface area (Å²) < 4.78 is 49.4. The lowest BCUT2D eigenvalue weighted by molar-refractivity contribution is 0.549. The zero-order valence-electron chi connectivity index (χ0n) is 13.4. The lowest BCUT2D eigenvalue weighted by atomic mass is 10.2. The van der Waals surface area contributed by atoms with E-state index in [-0.39, 0.29) is 4.90 Å². The average molecular weight is 414 g/mol. The second-order valence-corrected chi connectivity index (χ2v) is 8.38. The van der Waals surface area contributed by atoms with Gasteiger partial charge < -0.3 is 4.98 Å². The Hall–Kier alpha value is -1.91. The highest BCUT2D eigenvalue weighted by Gasteiger charge is 2.16. The third-order valence-corrected chi connectivity index (χ3v) is 5.93. The van der Waals surface area contributed by atoms with Gasteiger partial charge in [-0.05, 0) is 30.2 Å². The lowest BCUT2D eigenvalue weighted by Crippen LogP contribution is -2.19. The number of aromatic nitrogens is 1. The summed E-state index contributed by atoms with van der Waals surface area (Å²) >= 11 is 4.00. The molecule has 10 heteroatoms. The number of hydrogen-bond donors (Lipinski definition) is 4. The van der Waals surface area contributed by atoms with Crippen LogP contribution in [0.3, 0.4) is 0 Å². The van der Waals surface area contributed by atoms with E-state index in [0.717, 1.165) is 10.9 Å². The Morgan fingerprint density at radius 2 is 1.88 bits per heavy atom. The van der Waals surface area contributed by atoms with Crippen molar-refractivity contribution in [1.29, 1.82) is 0 Å². The van der Waals surface area contributed by atoms with Crippen molar-refractivity contribution < 1.29 is 17.2 Å². The molecule has 7 nitrogen and oxygen atoms in total. The standard InChI is InChI=1S/C16H16ClN3O4S2/c17-14-10-18-16-13(14)2-1-3-15(16)20-26(23,24)12-6-4-11(5-7-12)8-9-19-25(21)22/h1-7,10,18-20H,8-9H2,(H,21,22). The number of nitrogens with one attached hydrogen (secondary N) is 3. The van der Waals surface area contributed by atoms with Gasteiger partial charge in [0, 0.05) is 18.1 Å². The fourth-order valence-corrected chi connectivity index (χ4v) is 4.09. The number of aromatic amines is 1. The summed E-state index contributed by atoms with van der Waals surface area (Å²) in [5, 5.41) is 1.25. The van der Waals surface area contributed by atoms with E-state index in [1.807, 2.05) is 0 Å². The first-order valence-corrected chi connectivity index (χ1v) is 10.6. The van der Waals surface area contributed by atoms with E-state index in [1.54, 1.807) is 36.5 Å². The summed E-state index contributed by atoms with van der Waals surface area (Å²) in [5.41, 5.74) is 1.87. The highest BCUT2D eigenvalue weighted by atomic mass is 35.5. The van der Waals surface area contributed by atoms with Crippen LogP contribution in [0.1, 0.15) is 5.56 Å². The van der Waals surface area contributed by atoms with Crippen LogP contribution in [0.2, 0.25) is 5.02 Å². The molecule has 4 N–H and O–H groups in total. The summed E-state index contributed by atoms with van der Waals surface area (Å²) in [5.74, 6) is 0. The fourth-order valence-electron chi connectivity index (χ4n) is 2.53. The van der Waals surface area contributed by atoms with Crippen LogP contribution in [0, 0.1) is 0 Å². The number of rotatable bonds is 7. The summed E-state index contributed by atoms with van der Waals surface area (Å²) in [4.78, 5) is 3.08. The maximum absolute atomic E-state index is 12.6. The molecule has 0 fully saturated rings. The van der Waals surface area contributed by atoms with E-state index in [0.29, 0.717) is 29.2 Å². The molecular weight excluding hydrogens is 398 g/mol. The second kappa shape index (κ2) is 7.77. The van der Waals surface area contributed by atoms with E-state index >= 15 is 0 Å². The summed E-state index contributed by atoms with van der Waals surface area (Å²) in [6.07, 6.45) is 2.10. The third kappa shape index (κ3) is 4.25. The number of sulfonamides is 1. The first-order valence-electron chi connectivity index (χ1n) is 7.58. The van der Waals surface area contributed by atoms with Crippen molar-refractivity contribution in [2.45, 2.75) is 11.3 Å². The molecule has 1 heterocycles. The summed E-state index contributed by atoms with van der Waals surface area (Å²) in [6.45, 7) is 0.309. The predicted molar refractivity (Wildman–Crippen MR) is 103 cm³/mol. The summed E-state index contributed by atoms with van der Waals surface area (Å²) in [6, 6.07) is 11.5. The van der Waals surface area contributed by atoms with Gasteiger partial charge >= 0.3 is 0 Å². The molecule has 0 bridgehead atoms. The van der Waals surface area contributed by atoms with Crippen LogP contribution < -0.4 is 9.44 Å². The van der Waals surface area contributed by atoms with Crippen LogP contribution in [0.4, 0.5) is 5.69 Å². The Balaban J connectivity index is 1.78. The molecule has 0 amide bonds. The van der Waals surface area contributed by atoms with E-state index in [2.05, 4.69) is 14.4 Å². The molecule has 0 saturated carbocycles. The molecule has 0 aliphatic rings. The zero-order valence-corrected chi connectivity index (χ0v) is 15.8. The number of para-hydroxylation sites is 1. The molecule has 0 aliphatic carbocycles. The number of H-pyrrole nitrogens is 1. The van der Waals surface area contributed by atoms with Crippen molar-refractivity contribution >= 4 is 49.5 Å². The van der Waals surface area contributed by atoms with E-state index in [4.69, 9.17) is 16.2 Å². The van der Waals surface area contributed by atoms with Gasteiger partial charge in [0.05, 0.1) is 21.1 Å². The Morgan fingerprint density at radius 1 is 1.15 bits per heavy atom. The minimum absolute atomic E-state index is 0.120. The molecule has 1 atom stereocenters. The maximum atomic E-state index is 12.6. The van der Waals surface area contributed by atoms with Gasteiger partial charge in [0.25, 0.3) is 10.0 Å². The minimum Gasteiger partial charge on any atom is -0.358 e. The Kier molecular flexibility index (Phi) is 5.64. The monoisotopic (exact) mass is 413 g/mol. The molecule has 0 aliphatic heterocycles. The molecule has 1 aromatic heterocycles. The number of halogens is 1. The number of hydrogen-bond acceptors (Lipinski definition) is 3. The second-order valence-electron chi connectivity index (χ2n) is 5.51. The van der Waals surface area contributed by atoms with Gasteiger partial charge in [0.1, 0.15) is 0 Å². The van der Waals surface area contributed by atoms with Crippen molar-refractivity contribution in [2.24, 2.45) is 0 Å². The fraction of sp³-hybridized carbons (Fsp3) is 0.125. The van der Waals surface area contributed by atoms with E-state index in [9.17, 15) is 12.6 Å².